The number of carbonyl (C=O) groups excluding carboxylic acids is 2. The lowest BCUT2D eigenvalue weighted by Gasteiger charge is -2.11. The van der Waals surface area contributed by atoms with Crippen LogP contribution in [0.1, 0.15) is 34.6 Å². The van der Waals surface area contributed by atoms with Crippen LogP contribution in [0.4, 0.5) is 5.69 Å². The smallest absolute Gasteiger partial charge is 0.257 e. The molecule has 0 unspecified atom stereocenters. The van der Waals surface area contributed by atoms with Gasteiger partial charge < -0.3 is 10.1 Å². The van der Waals surface area contributed by atoms with Crippen LogP contribution in [0, 0.1) is 0 Å². The van der Waals surface area contributed by atoms with Gasteiger partial charge in [-0.25, -0.2) is 0 Å². The quantitative estimate of drug-likeness (QED) is 0.560. The monoisotopic (exact) mass is 420 g/mol. The molecule has 1 amide bonds. The number of carbonyl (C=O) groups is 2. The van der Waals surface area contributed by atoms with Gasteiger partial charge in [-0.05, 0) is 84.5 Å². The molecular weight excluding hydrogens is 404 g/mol. The predicted octanol–water partition coefficient (Wildman–Crippen LogP) is 4.18. The molecule has 5 nitrogen and oxygen atoms in total. The third-order valence-electron chi connectivity index (χ3n) is 3.27. The highest BCUT2D eigenvalue weighted by atomic mass is 79.9. The summed E-state index contributed by atoms with van der Waals surface area (Å²) in [6.07, 6.45) is 0. The Labute approximate surface area is 159 Å². The molecule has 0 saturated heterocycles. The van der Waals surface area contributed by atoms with Crippen molar-refractivity contribution in [1.82, 2.24) is 5.32 Å². The number of ether oxygens (including phenoxy) is 1. The number of anilines is 1. The molecule has 0 aliphatic heterocycles. The molecule has 0 radical (unpaired) electrons. The number of thiocarbonyl (C=S) groups is 1. The third kappa shape index (κ3) is 5.37. The van der Waals surface area contributed by atoms with Crippen LogP contribution in [0.2, 0.25) is 0 Å². The summed E-state index contributed by atoms with van der Waals surface area (Å²) in [5.41, 5.74) is 1.74. The van der Waals surface area contributed by atoms with Crippen LogP contribution in [0.5, 0.6) is 5.75 Å². The van der Waals surface area contributed by atoms with Crippen LogP contribution in [0.3, 0.4) is 0 Å². The average Bonchev–Trinajstić information content (AvgIpc) is 2.57. The molecule has 7 heteroatoms. The summed E-state index contributed by atoms with van der Waals surface area (Å²) in [5, 5.41) is 5.69. The molecule has 0 bridgehead atoms. The van der Waals surface area contributed by atoms with E-state index in [0.29, 0.717) is 33.6 Å². The molecule has 25 heavy (non-hydrogen) atoms. The molecule has 0 atom stereocenters. The molecule has 0 aromatic heterocycles. The van der Waals surface area contributed by atoms with Crippen LogP contribution < -0.4 is 15.4 Å². The molecule has 0 heterocycles. The van der Waals surface area contributed by atoms with Crippen molar-refractivity contribution in [3.8, 4) is 5.75 Å². The fourth-order valence-corrected chi connectivity index (χ4v) is 2.74. The van der Waals surface area contributed by atoms with E-state index in [2.05, 4.69) is 26.6 Å². The number of benzene rings is 2. The highest BCUT2D eigenvalue weighted by Gasteiger charge is 2.11. The van der Waals surface area contributed by atoms with E-state index in [1.54, 1.807) is 42.5 Å². The van der Waals surface area contributed by atoms with Crippen molar-refractivity contribution in [2.24, 2.45) is 0 Å². The molecule has 130 valence electrons. The molecule has 0 spiro atoms. The number of hydrogen-bond acceptors (Lipinski definition) is 4. The summed E-state index contributed by atoms with van der Waals surface area (Å²) in [7, 11) is 0. The van der Waals surface area contributed by atoms with Crippen molar-refractivity contribution in [1.29, 1.82) is 0 Å². The van der Waals surface area contributed by atoms with Gasteiger partial charge in [0, 0.05) is 16.8 Å². The highest BCUT2D eigenvalue weighted by Crippen LogP contribution is 2.26. The Morgan fingerprint density at radius 3 is 2.32 bits per heavy atom. The van der Waals surface area contributed by atoms with Crippen LogP contribution in [0.25, 0.3) is 0 Å². The number of Topliss-reactive ketones (excluding diaryl/α,β-unsaturated/α-hetero) is 1. The maximum Gasteiger partial charge on any atom is 0.257 e. The topological polar surface area (TPSA) is 67.4 Å². The van der Waals surface area contributed by atoms with Crippen LogP contribution in [-0.2, 0) is 0 Å². The van der Waals surface area contributed by atoms with E-state index in [1.807, 2.05) is 6.92 Å². The maximum atomic E-state index is 12.3. The van der Waals surface area contributed by atoms with Gasteiger partial charge in [-0.1, -0.05) is 0 Å². The van der Waals surface area contributed by atoms with Crippen molar-refractivity contribution in [3.05, 3.63) is 58.1 Å². The van der Waals surface area contributed by atoms with Gasteiger partial charge in [0.1, 0.15) is 5.75 Å². The van der Waals surface area contributed by atoms with Crippen LogP contribution in [-0.4, -0.2) is 23.4 Å². The Morgan fingerprint density at radius 1 is 1.12 bits per heavy atom. The Kier molecular flexibility index (Phi) is 6.66. The lowest BCUT2D eigenvalue weighted by atomic mass is 10.1. The number of amides is 1. The van der Waals surface area contributed by atoms with E-state index in [0.717, 1.165) is 0 Å². The van der Waals surface area contributed by atoms with E-state index >= 15 is 0 Å². The van der Waals surface area contributed by atoms with E-state index in [1.165, 1.54) is 6.92 Å². The summed E-state index contributed by atoms with van der Waals surface area (Å²) >= 11 is 8.52. The summed E-state index contributed by atoms with van der Waals surface area (Å²) in [6.45, 7) is 3.93. The fraction of sp³-hybridized carbons (Fsp3) is 0.167. The molecule has 0 aliphatic rings. The van der Waals surface area contributed by atoms with Crippen molar-refractivity contribution in [2.45, 2.75) is 13.8 Å². The lowest BCUT2D eigenvalue weighted by molar-refractivity contribution is 0.0976. The van der Waals surface area contributed by atoms with Gasteiger partial charge in [-0.2, -0.15) is 0 Å². The highest BCUT2D eigenvalue weighted by molar-refractivity contribution is 9.10. The average molecular weight is 421 g/mol. The molecule has 2 aromatic rings. The molecule has 2 rings (SSSR count). The molecule has 0 aliphatic carbocycles. The second kappa shape index (κ2) is 8.73. The van der Waals surface area contributed by atoms with Crippen molar-refractivity contribution in [3.63, 3.8) is 0 Å². The van der Waals surface area contributed by atoms with Gasteiger partial charge in [-0.15, -0.1) is 0 Å². The SMILES string of the molecule is CCOc1ccc(C(=O)NC(=S)Nc2ccc(C(C)=O)cc2)cc1Br. The first kappa shape index (κ1) is 19.1. The maximum absolute atomic E-state index is 12.3. The zero-order valence-electron chi connectivity index (χ0n) is 13.8. The summed E-state index contributed by atoms with van der Waals surface area (Å²) in [5.74, 6) is 0.329. The van der Waals surface area contributed by atoms with Gasteiger partial charge in [0.2, 0.25) is 0 Å². The number of hydrogen-bond donors (Lipinski definition) is 2. The van der Waals surface area contributed by atoms with Crippen LogP contribution >= 0.6 is 28.1 Å². The number of rotatable bonds is 5. The van der Waals surface area contributed by atoms with Gasteiger partial charge in [-0.3, -0.25) is 14.9 Å². The minimum absolute atomic E-state index is 0.0106. The number of nitrogens with one attached hydrogen (secondary N) is 2. The normalized spacial score (nSPS) is 10.0. The zero-order valence-corrected chi connectivity index (χ0v) is 16.2. The second-order valence-electron chi connectivity index (χ2n) is 5.12. The summed E-state index contributed by atoms with van der Waals surface area (Å²) < 4.78 is 6.11. The Morgan fingerprint density at radius 2 is 1.76 bits per heavy atom. The van der Waals surface area contributed by atoms with Crippen LogP contribution in [0.15, 0.2) is 46.9 Å². The Balaban J connectivity index is 1.99. The molecule has 2 N–H and O–H groups in total. The molecule has 2 aromatic carbocycles. The lowest BCUT2D eigenvalue weighted by Crippen LogP contribution is -2.34. The summed E-state index contributed by atoms with van der Waals surface area (Å²) in [4.78, 5) is 23.5. The fourth-order valence-electron chi connectivity index (χ4n) is 2.04. The van der Waals surface area contributed by atoms with Gasteiger partial charge in [0.25, 0.3) is 5.91 Å². The largest absolute Gasteiger partial charge is 0.493 e. The molecule has 0 saturated carbocycles. The predicted molar refractivity (Wildman–Crippen MR) is 105 cm³/mol. The summed E-state index contributed by atoms with van der Waals surface area (Å²) in [6, 6.07) is 11.9. The van der Waals surface area contributed by atoms with E-state index in [9.17, 15) is 9.59 Å². The van der Waals surface area contributed by atoms with E-state index < -0.39 is 0 Å². The standard InChI is InChI=1S/C18H17BrN2O3S/c1-3-24-16-9-6-13(10-15(16)19)17(23)21-18(25)20-14-7-4-12(5-8-14)11(2)22/h4-10H,3H2,1-2H3,(H2,20,21,23,25). The van der Waals surface area contributed by atoms with Crippen molar-refractivity contribution >= 4 is 50.6 Å². The number of ketones is 1. The second-order valence-corrected chi connectivity index (χ2v) is 6.38. The first-order valence-corrected chi connectivity index (χ1v) is 8.76. The zero-order chi connectivity index (χ0) is 18.4. The van der Waals surface area contributed by atoms with Gasteiger partial charge in [0.05, 0.1) is 11.1 Å². The minimum Gasteiger partial charge on any atom is -0.493 e. The Hall–Kier alpha value is -2.25. The first-order valence-electron chi connectivity index (χ1n) is 7.56. The number of halogens is 1. The van der Waals surface area contributed by atoms with E-state index in [4.69, 9.17) is 17.0 Å². The third-order valence-corrected chi connectivity index (χ3v) is 4.09. The van der Waals surface area contributed by atoms with Crippen molar-refractivity contribution in [2.75, 3.05) is 11.9 Å². The minimum atomic E-state index is -0.332. The van der Waals surface area contributed by atoms with Crippen molar-refractivity contribution < 1.29 is 14.3 Å². The van der Waals surface area contributed by atoms with E-state index in [-0.39, 0.29) is 16.8 Å². The van der Waals surface area contributed by atoms with Gasteiger partial charge in [0.15, 0.2) is 10.9 Å². The Bertz CT molecular complexity index is 806. The molecular formula is C18H17BrN2O3S. The first-order chi connectivity index (χ1) is 11.9. The molecule has 0 fully saturated rings. The van der Waals surface area contributed by atoms with Gasteiger partial charge >= 0.3 is 0 Å².